The first-order valence-electron chi connectivity index (χ1n) is 4.06. The fraction of sp³-hybridized carbons (Fsp3) is 1.00. The fourth-order valence-corrected chi connectivity index (χ4v) is 3.33. The van der Waals surface area contributed by atoms with Gasteiger partial charge >= 0.3 is 0 Å². The van der Waals surface area contributed by atoms with Crippen molar-refractivity contribution in [3.05, 3.63) is 0 Å². The maximum absolute atomic E-state index is 9.42. The van der Waals surface area contributed by atoms with E-state index in [1.807, 2.05) is 0 Å². The van der Waals surface area contributed by atoms with Gasteiger partial charge in [0.25, 0.3) is 0 Å². The highest BCUT2D eigenvalue weighted by atomic mass is 16.3. The predicted molar refractivity (Wildman–Crippen MR) is 33.8 cm³/mol. The standard InChI is InChI=1S/C8H12O/c9-8-5-2-1-4-3-6(8)7(4)5/h4-9H,1-3H2. The summed E-state index contributed by atoms with van der Waals surface area (Å²) in [7, 11) is 0. The summed E-state index contributed by atoms with van der Waals surface area (Å²) in [5.74, 6) is 3.53. The summed E-state index contributed by atoms with van der Waals surface area (Å²) >= 11 is 0. The minimum Gasteiger partial charge on any atom is -0.393 e. The molecule has 9 heavy (non-hydrogen) atoms. The van der Waals surface area contributed by atoms with Gasteiger partial charge in [0, 0.05) is 0 Å². The SMILES string of the molecule is OC1C2CCC3CC1C32. The molecule has 0 amide bonds. The van der Waals surface area contributed by atoms with Crippen molar-refractivity contribution in [1.82, 2.24) is 0 Å². The lowest BCUT2D eigenvalue weighted by atomic mass is 9.50. The Morgan fingerprint density at radius 3 is 2.78 bits per heavy atom. The Morgan fingerprint density at radius 1 is 1.11 bits per heavy atom. The molecule has 5 atom stereocenters. The van der Waals surface area contributed by atoms with Gasteiger partial charge in [-0.15, -0.1) is 0 Å². The van der Waals surface area contributed by atoms with Crippen LogP contribution in [0.15, 0.2) is 0 Å². The van der Waals surface area contributed by atoms with E-state index < -0.39 is 0 Å². The van der Waals surface area contributed by atoms with Crippen LogP contribution in [0.1, 0.15) is 19.3 Å². The Kier molecular flexibility index (Phi) is 0.628. The van der Waals surface area contributed by atoms with Crippen LogP contribution in [0, 0.1) is 23.7 Å². The van der Waals surface area contributed by atoms with Crippen molar-refractivity contribution in [1.29, 1.82) is 0 Å². The molecule has 0 saturated heterocycles. The molecule has 0 aromatic carbocycles. The molecule has 3 aliphatic rings. The first kappa shape index (κ1) is 4.73. The lowest BCUT2D eigenvalue weighted by Crippen LogP contribution is -2.57. The maximum Gasteiger partial charge on any atom is 0.0602 e. The molecule has 0 bridgehead atoms. The smallest absolute Gasteiger partial charge is 0.0602 e. The van der Waals surface area contributed by atoms with Crippen LogP contribution in [0.3, 0.4) is 0 Å². The van der Waals surface area contributed by atoms with Crippen LogP contribution in [0.5, 0.6) is 0 Å². The van der Waals surface area contributed by atoms with Crippen LogP contribution in [-0.4, -0.2) is 11.2 Å². The lowest BCUT2D eigenvalue weighted by Gasteiger charge is -2.57. The molecular weight excluding hydrogens is 112 g/mol. The fourth-order valence-electron chi connectivity index (χ4n) is 3.33. The molecule has 3 rings (SSSR count). The third-order valence-electron chi connectivity index (χ3n) is 3.86. The van der Waals surface area contributed by atoms with Gasteiger partial charge in [-0.05, 0) is 42.9 Å². The first-order chi connectivity index (χ1) is 4.38. The Bertz CT molecular complexity index is 151. The van der Waals surface area contributed by atoms with Gasteiger partial charge < -0.3 is 5.11 Å². The van der Waals surface area contributed by atoms with Crippen LogP contribution in [-0.2, 0) is 0 Å². The average molecular weight is 124 g/mol. The number of rotatable bonds is 0. The Morgan fingerprint density at radius 2 is 2.00 bits per heavy atom. The number of aliphatic hydroxyl groups is 1. The summed E-state index contributed by atoms with van der Waals surface area (Å²) < 4.78 is 0. The Hall–Kier alpha value is -0.0400. The molecule has 3 saturated carbocycles. The molecule has 0 aromatic heterocycles. The van der Waals surface area contributed by atoms with Crippen molar-refractivity contribution < 1.29 is 5.11 Å². The summed E-state index contributed by atoms with van der Waals surface area (Å²) in [4.78, 5) is 0. The molecule has 0 spiro atoms. The van der Waals surface area contributed by atoms with Crippen LogP contribution < -0.4 is 0 Å². The number of aliphatic hydroxyl groups excluding tert-OH is 1. The van der Waals surface area contributed by atoms with E-state index in [1.54, 1.807) is 0 Å². The third-order valence-corrected chi connectivity index (χ3v) is 3.86. The lowest BCUT2D eigenvalue weighted by molar-refractivity contribution is -0.162. The molecule has 1 N–H and O–H groups in total. The Labute approximate surface area is 55.1 Å². The molecule has 5 unspecified atom stereocenters. The second kappa shape index (κ2) is 1.20. The molecular formula is C8H12O. The van der Waals surface area contributed by atoms with E-state index in [4.69, 9.17) is 0 Å². The van der Waals surface area contributed by atoms with Gasteiger partial charge in [0.15, 0.2) is 0 Å². The van der Waals surface area contributed by atoms with Crippen molar-refractivity contribution >= 4 is 0 Å². The van der Waals surface area contributed by atoms with E-state index in [9.17, 15) is 5.11 Å². The van der Waals surface area contributed by atoms with E-state index >= 15 is 0 Å². The predicted octanol–water partition coefficient (Wildman–Crippen LogP) is 1.02. The minimum atomic E-state index is 0.119. The van der Waals surface area contributed by atoms with Gasteiger partial charge in [-0.25, -0.2) is 0 Å². The monoisotopic (exact) mass is 124 g/mol. The van der Waals surface area contributed by atoms with E-state index in [0.717, 1.165) is 23.7 Å². The quantitative estimate of drug-likeness (QED) is 0.511. The summed E-state index contributed by atoms with van der Waals surface area (Å²) in [5.41, 5.74) is 0. The highest BCUT2D eigenvalue weighted by molar-refractivity contribution is 5.11. The molecule has 0 radical (unpaired) electrons. The molecule has 0 aromatic rings. The largest absolute Gasteiger partial charge is 0.393 e. The topological polar surface area (TPSA) is 20.2 Å². The summed E-state index contributed by atoms with van der Waals surface area (Å²) in [6, 6.07) is 0. The molecule has 1 nitrogen and oxygen atoms in total. The van der Waals surface area contributed by atoms with Crippen molar-refractivity contribution in [2.75, 3.05) is 0 Å². The summed E-state index contributed by atoms with van der Waals surface area (Å²) in [5, 5.41) is 9.42. The first-order valence-corrected chi connectivity index (χ1v) is 4.06. The van der Waals surface area contributed by atoms with Crippen molar-refractivity contribution in [2.45, 2.75) is 25.4 Å². The second-order valence-corrected chi connectivity index (χ2v) is 3.97. The average Bonchev–Trinajstić information content (AvgIpc) is 1.93. The summed E-state index contributed by atoms with van der Waals surface area (Å²) in [6.45, 7) is 0. The van der Waals surface area contributed by atoms with E-state index in [-0.39, 0.29) is 6.10 Å². The number of hydrogen-bond acceptors (Lipinski definition) is 1. The van der Waals surface area contributed by atoms with Crippen LogP contribution in [0.25, 0.3) is 0 Å². The van der Waals surface area contributed by atoms with Gasteiger partial charge in [-0.3, -0.25) is 0 Å². The van der Waals surface area contributed by atoms with E-state index in [1.165, 1.54) is 19.3 Å². The molecule has 0 aliphatic heterocycles. The highest BCUT2D eigenvalue weighted by Gasteiger charge is 2.62. The third kappa shape index (κ3) is 0.337. The molecule has 3 aliphatic carbocycles. The molecule has 0 heterocycles. The number of hydrogen-bond donors (Lipinski definition) is 1. The van der Waals surface area contributed by atoms with Gasteiger partial charge in [-0.1, -0.05) is 0 Å². The van der Waals surface area contributed by atoms with Crippen molar-refractivity contribution in [2.24, 2.45) is 23.7 Å². The molecule has 3 fully saturated rings. The van der Waals surface area contributed by atoms with Gasteiger partial charge in [0.2, 0.25) is 0 Å². The van der Waals surface area contributed by atoms with Gasteiger partial charge in [0.1, 0.15) is 0 Å². The normalized spacial score (nSPS) is 68.3. The zero-order valence-electron chi connectivity index (χ0n) is 5.46. The van der Waals surface area contributed by atoms with Crippen LogP contribution in [0.4, 0.5) is 0 Å². The minimum absolute atomic E-state index is 0.119. The van der Waals surface area contributed by atoms with Crippen molar-refractivity contribution in [3.8, 4) is 0 Å². The van der Waals surface area contributed by atoms with Crippen molar-refractivity contribution in [3.63, 3.8) is 0 Å². The molecule has 50 valence electrons. The van der Waals surface area contributed by atoms with E-state index in [0.29, 0.717) is 0 Å². The molecule has 1 heteroatoms. The zero-order valence-corrected chi connectivity index (χ0v) is 5.46. The second-order valence-electron chi connectivity index (χ2n) is 3.97. The van der Waals surface area contributed by atoms with Gasteiger partial charge in [-0.2, -0.15) is 0 Å². The van der Waals surface area contributed by atoms with Crippen LogP contribution >= 0.6 is 0 Å². The maximum atomic E-state index is 9.42. The van der Waals surface area contributed by atoms with E-state index in [2.05, 4.69) is 0 Å². The van der Waals surface area contributed by atoms with Gasteiger partial charge in [0.05, 0.1) is 6.10 Å². The highest BCUT2D eigenvalue weighted by Crippen LogP contribution is 2.65. The Balaban J connectivity index is 1.93. The summed E-state index contributed by atoms with van der Waals surface area (Å²) in [6.07, 6.45) is 4.21. The van der Waals surface area contributed by atoms with Crippen LogP contribution in [0.2, 0.25) is 0 Å². The zero-order chi connectivity index (χ0) is 6.01.